The van der Waals surface area contributed by atoms with E-state index in [1.807, 2.05) is 26.0 Å². The summed E-state index contributed by atoms with van der Waals surface area (Å²) in [5.74, 6) is 0.688. The van der Waals surface area contributed by atoms with Crippen molar-refractivity contribution in [3.63, 3.8) is 0 Å². The van der Waals surface area contributed by atoms with Crippen LogP contribution >= 0.6 is 0 Å². The van der Waals surface area contributed by atoms with Gasteiger partial charge in [-0.2, -0.15) is 0 Å². The Kier molecular flexibility index (Phi) is 4.62. The zero-order valence-electron chi connectivity index (χ0n) is 15.3. The van der Waals surface area contributed by atoms with Crippen molar-refractivity contribution in [3.05, 3.63) is 53.7 Å². The van der Waals surface area contributed by atoms with Gasteiger partial charge in [0.15, 0.2) is 0 Å². The summed E-state index contributed by atoms with van der Waals surface area (Å²) in [4.78, 5) is 27.3. The Morgan fingerprint density at radius 3 is 2.63 bits per heavy atom. The molecule has 1 fully saturated rings. The first-order valence-corrected chi connectivity index (χ1v) is 8.98. The van der Waals surface area contributed by atoms with Crippen molar-refractivity contribution in [2.75, 3.05) is 6.54 Å². The van der Waals surface area contributed by atoms with E-state index in [1.54, 1.807) is 17.3 Å². The van der Waals surface area contributed by atoms with Gasteiger partial charge >= 0.3 is 0 Å². The average Bonchev–Trinajstić information content (AvgIpc) is 3.19. The van der Waals surface area contributed by atoms with Gasteiger partial charge in [0.1, 0.15) is 11.7 Å². The van der Waals surface area contributed by atoms with Crippen LogP contribution in [0.15, 0.2) is 35.1 Å². The summed E-state index contributed by atoms with van der Waals surface area (Å²) < 4.78 is 5.89. The average molecular weight is 364 g/mol. The second-order valence-corrected chi connectivity index (χ2v) is 6.69. The lowest BCUT2D eigenvalue weighted by atomic mass is 10.0. The zero-order valence-corrected chi connectivity index (χ0v) is 15.3. The van der Waals surface area contributed by atoms with Crippen molar-refractivity contribution in [1.82, 2.24) is 30.0 Å². The van der Waals surface area contributed by atoms with Gasteiger partial charge in [-0.25, -0.2) is 4.98 Å². The molecular formula is C19H20N6O2. The number of carbonyl (C=O) groups is 1. The molecule has 1 saturated heterocycles. The number of pyridine rings is 1. The van der Waals surface area contributed by atoms with Crippen molar-refractivity contribution in [1.29, 1.82) is 0 Å². The molecule has 27 heavy (non-hydrogen) atoms. The second-order valence-electron chi connectivity index (χ2n) is 6.69. The van der Waals surface area contributed by atoms with Crippen LogP contribution in [0.1, 0.15) is 53.1 Å². The number of aryl methyl sites for hydroxylation is 2. The van der Waals surface area contributed by atoms with Crippen molar-refractivity contribution >= 4 is 5.91 Å². The Labute approximate surface area is 156 Å². The van der Waals surface area contributed by atoms with Gasteiger partial charge in [-0.1, -0.05) is 0 Å². The normalized spacial score (nSPS) is 17.1. The van der Waals surface area contributed by atoms with Gasteiger partial charge in [-0.15, -0.1) is 10.2 Å². The van der Waals surface area contributed by atoms with E-state index in [-0.39, 0.29) is 11.9 Å². The molecular weight excluding hydrogens is 344 g/mol. The van der Waals surface area contributed by atoms with Crippen LogP contribution in [0.2, 0.25) is 0 Å². The first kappa shape index (κ1) is 17.3. The number of nitrogens with zero attached hydrogens (tertiary/aromatic N) is 6. The van der Waals surface area contributed by atoms with Gasteiger partial charge in [0, 0.05) is 24.6 Å². The van der Waals surface area contributed by atoms with Crippen LogP contribution in [-0.2, 0) is 0 Å². The largest absolute Gasteiger partial charge is 0.418 e. The first-order valence-electron chi connectivity index (χ1n) is 8.98. The number of aromatic nitrogens is 5. The summed E-state index contributed by atoms with van der Waals surface area (Å²) in [7, 11) is 0. The summed E-state index contributed by atoms with van der Waals surface area (Å²) in [5, 5.41) is 8.35. The number of piperidine rings is 1. The van der Waals surface area contributed by atoms with Gasteiger partial charge in [-0.05, 0) is 45.2 Å². The standard InChI is InChI=1S/C19H20N6O2/c1-12-6-7-14(10-20-12)17-23-24-18(27-17)16-5-3-4-8-25(16)19(26)15-11-21-13(2)9-22-15/h6-7,9-11,16H,3-5,8H2,1-2H3. The third kappa shape index (κ3) is 3.55. The highest BCUT2D eigenvalue weighted by atomic mass is 16.4. The van der Waals surface area contributed by atoms with Crippen molar-refractivity contribution in [3.8, 4) is 11.5 Å². The molecule has 3 aromatic heterocycles. The summed E-state index contributed by atoms with van der Waals surface area (Å²) in [6.07, 6.45) is 7.53. The van der Waals surface area contributed by atoms with E-state index in [9.17, 15) is 4.79 Å². The van der Waals surface area contributed by atoms with E-state index in [2.05, 4.69) is 25.1 Å². The monoisotopic (exact) mass is 364 g/mol. The molecule has 3 aromatic rings. The Hall–Kier alpha value is -3.16. The topological polar surface area (TPSA) is 97.9 Å². The molecule has 8 nitrogen and oxygen atoms in total. The quantitative estimate of drug-likeness (QED) is 0.704. The summed E-state index contributed by atoms with van der Waals surface area (Å²) in [6, 6.07) is 3.53. The summed E-state index contributed by atoms with van der Waals surface area (Å²) >= 11 is 0. The van der Waals surface area contributed by atoms with E-state index in [4.69, 9.17) is 4.42 Å². The Bertz CT molecular complexity index is 936. The molecule has 1 aliphatic rings. The molecule has 4 heterocycles. The van der Waals surface area contributed by atoms with Gasteiger partial charge in [0.05, 0.1) is 17.5 Å². The van der Waals surface area contributed by atoms with Crippen LogP contribution in [0, 0.1) is 13.8 Å². The maximum absolute atomic E-state index is 12.9. The molecule has 0 aromatic carbocycles. The molecule has 1 aliphatic heterocycles. The van der Waals surface area contributed by atoms with E-state index in [1.165, 1.54) is 6.20 Å². The van der Waals surface area contributed by atoms with Crippen LogP contribution in [0.5, 0.6) is 0 Å². The Morgan fingerprint density at radius 1 is 1.04 bits per heavy atom. The van der Waals surface area contributed by atoms with Crippen molar-refractivity contribution in [2.24, 2.45) is 0 Å². The maximum atomic E-state index is 12.9. The smallest absolute Gasteiger partial charge is 0.274 e. The number of hydrogen-bond donors (Lipinski definition) is 0. The molecule has 0 N–H and O–H groups in total. The molecule has 0 bridgehead atoms. The molecule has 0 radical (unpaired) electrons. The number of likely N-dealkylation sites (tertiary alicyclic amines) is 1. The van der Waals surface area contributed by atoms with Crippen LogP contribution in [-0.4, -0.2) is 42.5 Å². The minimum Gasteiger partial charge on any atom is -0.418 e. The van der Waals surface area contributed by atoms with Gasteiger partial charge < -0.3 is 9.32 Å². The highest BCUT2D eigenvalue weighted by Crippen LogP contribution is 2.32. The minimum atomic E-state index is -0.256. The third-order valence-corrected chi connectivity index (χ3v) is 4.65. The fourth-order valence-electron chi connectivity index (χ4n) is 3.16. The molecule has 1 unspecified atom stereocenters. The van der Waals surface area contributed by atoms with Crippen LogP contribution < -0.4 is 0 Å². The Balaban J connectivity index is 1.60. The molecule has 0 saturated carbocycles. The van der Waals surface area contributed by atoms with Gasteiger partial charge in [0.25, 0.3) is 5.91 Å². The lowest BCUT2D eigenvalue weighted by molar-refractivity contribution is 0.0566. The van der Waals surface area contributed by atoms with Crippen LogP contribution in [0.3, 0.4) is 0 Å². The predicted octanol–water partition coefficient (Wildman–Crippen LogP) is 2.91. The van der Waals surface area contributed by atoms with E-state index in [0.717, 1.165) is 36.2 Å². The first-order chi connectivity index (χ1) is 13.1. The SMILES string of the molecule is Cc1ccc(-c2nnc(C3CCCCN3C(=O)c3cnc(C)cn3)o2)cn1. The molecule has 138 valence electrons. The molecule has 0 spiro atoms. The van der Waals surface area contributed by atoms with E-state index in [0.29, 0.717) is 24.0 Å². The maximum Gasteiger partial charge on any atom is 0.274 e. The fraction of sp³-hybridized carbons (Fsp3) is 0.368. The summed E-state index contributed by atoms with van der Waals surface area (Å²) in [6.45, 7) is 4.39. The van der Waals surface area contributed by atoms with E-state index >= 15 is 0 Å². The molecule has 4 rings (SSSR count). The van der Waals surface area contributed by atoms with Crippen LogP contribution in [0.4, 0.5) is 0 Å². The van der Waals surface area contributed by atoms with Gasteiger partial charge in [-0.3, -0.25) is 14.8 Å². The minimum absolute atomic E-state index is 0.163. The number of carbonyl (C=O) groups excluding carboxylic acids is 1. The van der Waals surface area contributed by atoms with E-state index < -0.39 is 0 Å². The van der Waals surface area contributed by atoms with Crippen molar-refractivity contribution in [2.45, 2.75) is 39.2 Å². The lowest BCUT2D eigenvalue weighted by Gasteiger charge is -2.33. The molecule has 8 heteroatoms. The zero-order chi connectivity index (χ0) is 18.8. The molecule has 0 aliphatic carbocycles. The molecule has 1 atom stereocenters. The molecule has 1 amide bonds. The van der Waals surface area contributed by atoms with Gasteiger partial charge in [0.2, 0.25) is 11.8 Å². The lowest BCUT2D eigenvalue weighted by Crippen LogP contribution is -2.39. The number of amides is 1. The van der Waals surface area contributed by atoms with Crippen LogP contribution in [0.25, 0.3) is 11.5 Å². The second kappa shape index (κ2) is 7.22. The highest BCUT2D eigenvalue weighted by molar-refractivity contribution is 5.92. The number of rotatable bonds is 3. The third-order valence-electron chi connectivity index (χ3n) is 4.65. The number of hydrogen-bond acceptors (Lipinski definition) is 7. The fourth-order valence-corrected chi connectivity index (χ4v) is 3.16. The van der Waals surface area contributed by atoms with Crippen molar-refractivity contribution < 1.29 is 9.21 Å². The summed E-state index contributed by atoms with van der Waals surface area (Å²) in [5.41, 5.74) is 2.78. The highest BCUT2D eigenvalue weighted by Gasteiger charge is 2.33. The Morgan fingerprint density at radius 2 is 1.89 bits per heavy atom. The predicted molar refractivity (Wildman–Crippen MR) is 96.7 cm³/mol.